The standard InChI is InChI=1S/C16H31N5/c1-5-14-6-8-15(9-7-14)11-21-16(18-19-20-21)13(4)17-10-12(2)3/h12-15,17H,5-11H2,1-4H3. The molecule has 5 nitrogen and oxygen atoms in total. The summed E-state index contributed by atoms with van der Waals surface area (Å²) in [6, 6.07) is 0.217. The van der Waals surface area contributed by atoms with Gasteiger partial charge in [0.25, 0.3) is 0 Å². The second-order valence-corrected chi connectivity index (χ2v) is 7.04. The predicted molar refractivity (Wildman–Crippen MR) is 84.8 cm³/mol. The summed E-state index contributed by atoms with van der Waals surface area (Å²) >= 11 is 0. The molecule has 1 atom stereocenters. The quantitative estimate of drug-likeness (QED) is 0.839. The molecule has 5 heteroatoms. The fourth-order valence-corrected chi connectivity index (χ4v) is 3.22. The summed E-state index contributed by atoms with van der Waals surface area (Å²) in [6.45, 7) is 10.9. The molecule has 0 bridgehead atoms. The van der Waals surface area contributed by atoms with Crippen LogP contribution in [0.1, 0.15) is 71.7 Å². The van der Waals surface area contributed by atoms with Crippen molar-refractivity contribution < 1.29 is 0 Å². The third-order valence-corrected chi connectivity index (χ3v) is 4.75. The minimum absolute atomic E-state index is 0.217. The van der Waals surface area contributed by atoms with E-state index in [0.717, 1.165) is 30.7 Å². The van der Waals surface area contributed by atoms with Crippen LogP contribution in [0.3, 0.4) is 0 Å². The van der Waals surface area contributed by atoms with Gasteiger partial charge in [0.1, 0.15) is 0 Å². The number of hydrogen-bond acceptors (Lipinski definition) is 4. The molecule has 1 aliphatic carbocycles. The van der Waals surface area contributed by atoms with E-state index in [-0.39, 0.29) is 6.04 Å². The van der Waals surface area contributed by atoms with Gasteiger partial charge in [-0.1, -0.05) is 40.0 Å². The van der Waals surface area contributed by atoms with Gasteiger partial charge in [-0.05, 0) is 54.5 Å². The molecule has 0 aromatic carbocycles. The highest BCUT2D eigenvalue weighted by molar-refractivity contribution is 4.90. The Balaban J connectivity index is 1.88. The van der Waals surface area contributed by atoms with Crippen molar-refractivity contribution in [2.45, 2.75) is 72.4 Å². The Morgan fingerprint density at radius 3 is 2.43 bits per heavy atom. The molecular formula is C16H31N5. The second-order valence-electron chi connectivity index (χ2n) is 7.04. The first-order valence-electron chi connectivity index (χ1n) is 8.59. The van der Waals surface area contributed by atoms with Crippen LogP contribution in [0.15, 0.2) is 0 Å². The van der Waals surface area contributed by atoms with Gasteiger partial charge < -0.3 is 5.32 Å². The van der Waals surface area contributed by atoms with Crippen molar-refractivity contribution >= 4 is 0 Å². The molecule has 1 aliphatic rings. The first-order chi connectivity index (χ1) is 10.1. The summed E-state index contributed by atoms with van der Waals surface area (Å²) in [5.74, 6) is 3.31. The first-order valence-corrected chi connectivity index (χ1v) is 8.59. The summed E-state index contributed by atoms with van der Waals surface area (Å²) in [5, 5.41) is 15.8. The number of tetrazole rings is 1. The van der Waals surface area contributed by atoms with Crippen LogP contribution >= 0.6 is 0 Å². The molecule has 0 saturated heterocycles. The molecule has 1 N–H and O–H groups in total. The lowest BCUT2D eigenvalue weighted by molar-refractivity contribution is 0.237. The maximum atomic E-state index is 4.23. The Bertz CT molecular complexity index is 407. The highest BCUT2D eigenvalue weighted by atomic mass is 15.5. The zero-order valence-electron chi connectivity index (χ0n) is 14.0. The van der Waals surface area contributed by atoms with Crippen molar-refractivity contribution in [3.05, 3.63) is 5.82 Å². The van der Waals surface area contributed by atoms with Crippen LogP contribution in [0.4, 0.5) is 0 Å². The van der Waals surface area contributed by atoms with Crippen LogP contribution in [-0.2, 0) is 6.54 Å². The van der Waals surface area contributed by atoms with Gasteiger partial charge in [-0.2, -0.15) is 0 Å². The molecule has 0 radical (unpaired) electrons. The van der Waals surface area contributed by atoms with Crippen LogP contribution in [-0.4, -0.2) is 26.8 Å². The fraction of sp³-hybridized carbons (Fsp3) is 0.938. The molecule has 1 unspecified atom stereocenters. The summed E-state index contributed by atoms with van der Waals surface area (Å²) in [6.07, 6.45) is 6.73. The average molecular weight is 293 g/mol. The maximum Gasteiger partial charge on any atom is 0.167 e. The average Bonchev–Trinajstić information content (AvgIpc) is 2.93. The Morgan fingerprint density at radius 1 is 1.14 bits per heavy atom. The van der Waals surface area contributed by atoms with Crippen LogP contribution in [0.25, 0.3) is 0 Å². The molecular weight excluding hydrogens is 262 g/mol. The van der Waals surface area contributed by atoms with Crippen LogP contribution in [0.2, 0.25) is 0 Å². The summed E-state index contributed by atoms with van der Waals surface area (Å²) in [4.78, 5) is 0. The number of rotatable bonds is 7. The van der Waals surface area contributed by atoms with Gasteiger partial charge in [0.15, 0.2) is 5.82 Å². The highest BCUT2D eigenvalue weighted by Crippen LogP contribution is 2.31. The predicted octanol–water partition coefficient (Wildman–Crippen LogP) is 3.20. The summed E-state index contributed by atoms with van der Waals surface area (Å²) < 4.78 is 2.02. The lowest BCUT2D eigenvalue weighted by atomic mass is 9.81. The Kier molecular flexibility index (Phi) is 6.15. The van der Waals surface area contributed by atoms with Gasteiger partial charge in [0.05, 0.1) is 6.04 Å². The van der Waals surface area contributed by atoms with Gasteiger partial charge in [-0.25, -0.2) is 4.68 Å². The SMILES string of the molecule is CCC1CCC(Cn2nnnc2C(C)NCC(C)C)CC1. The topological polar surface area (TPSA) is 55.6 Å². The molecule has 2 rings (SSSR count). The summed E-state index contributed by atoms with van der Waals surface area (Å²) in [7, 11) is 0. The van der Waals surface area contributed by atoms with Gasteiger partial charge in [0, 0.05) is 6.54 Å². The lowest BCUT2D eigenvalue weighted by Crippen LogP contribution is -2.27. The fourth-order valence-electron chi connectivity index (χ4n) is 3.22. The molecule has 0 aliphatic heterocycles. The van der Waals surface area contributed by atoms with Gasteiger partial charge in [-0.15, -0.1) is 5.10 Å². The number of hydrogen-bond donors (Lipinski definition) is 1. The van der Waals surface area contributed by atoms with Crippen LogP contribution in [0, 0.1) is 17.8 Å². The maximum absolute atomic E-state index is 4.23. The van der Waals surface area contributed by atoms with Gasteiger partial charge in [0.2, 0.25) is 0 Å². The zero-order valence-corrected chi connectivity index (χ0v) is 14.0. The van der Waals surface area contributed by atoms with Crippen molar-refractivity contribution in [3.63, 3.8) is 0 Å². The van der Waals surface area contributed by atoms with E-state index in [2.05, 4.69) is 48.5 Å². The van der Waals surface area contributed by atoms with E-state index in [1.165, 1.54) is 32.1 Å². The van der Waals surface area contributed by atoms with Crippen molar-refractivity contribution in [2.75, 3.05) is 6.54 Å². The largest absolute Gasteiger partial charge is 0.307 e. The third-order valence-electron chi connectivity index (χ3n) is 4.75. The van der Waals surface area contributed by atoms with E-state index in [4.69, 9.17) is 0 Å². The molecule has 1 heterocycles. The molecule has 1 fully saturated rings. The van der Waals surface area contributed by atoms with Crippen molar-refractivity contribution in [1.29, 1.82) is 0 Å². The van der Waals surface area contributed by atoms with Crippen molar-refractivity contribution in [3.8, 4) is 0 Å². The molecule has 120 valence electrons. The van der Waals surface area contributed by atoms with Crippen LogP contribution in [0.5, 0.6) is 0 Å². The number of nitrogens with one attached hydrogen (secondary N) is 1. The third kappa shape index (κ3) is 4.77. The van der Waals surface area contributed by atoms with Crippen molar-refractivity contribution in [2.24, 2.45) is 17.8 Å². The Morgan fingerprint density at radius 2 is 1.81 bits per heavy atom. The molecule has 21 heavy (non-hydrogen) atoms. The molecule has 1 aromatic heterocycles. The van der Waals surface area contributed by atoms with Gasteiger partial charge >= 0.3 is 0 Å². The van der Waals surface area contributed by atoms with Crippen LogP contribution < -0.4 is 5.32 Å². The van der Waals surface area contributed by atoms with Gasteiger partial charge in [-0.3, -0.25) is 0 Å². The van der Waals surface area contributed by atoms with E-state index in [9.17, 15) is 0 Å². The first kappa shape index (κ1) is 16.4. The minimum atomic E-state index is 0.217. The Hall–Kier alpha value is -0.970. The van der Waals surface area contributed by atoms with E-state index < -0.39 is 0 Å². The van der Waals surface area contributed by atoms with E-state index >= 15 is 0 Å². The molecule has 1 saturated carbocycles. The number of aromatic nitrogens is 4. The highest BCUT2D eigenvalue weighted by Gasteiger charge is 2.23. The summed E-state index contributed by atoms with van der Waals surface area (Å²) in [5.41, 5.74) is 0. The van der Waals surface area contributed by atoms with E-state index in [1.807, 2.05) is 4.68 Å². The number of nitrogens with zero attached hydrogens (tertiary/aromatic N) is 4. The lowest BCUT2D eigenvalue weighted by Gasteiger charge is -2.28. The molecule has 0 spiro atoms. The van der Waals surface area contributed by atoms with Crippen molar-refractivity contribution in [1.82, 2.24) is 25.5 Å². The monoisotopic (exact) mass is 293 g/mol. The van der Waals surface area contributed by atoms with E-state index in [1.54, 1.807) is 0 Å². The molecule has 0 amide bonds. The minimum Gasteiger partial charge on any atom is -0.307 e. The second kappa shape index (κ2) is 7.87. The normalized spacial score (nSPS) is 24.4. The zero-order chi connectivity index (χ0) is 15.2. The van der Waals surface area contributed by atoms with E-state index in [0.29, 0.717) is 5.92 Å². The Labute approximate surface area is 128 Å². The smallest absolute Gasteiger partial charge is 0.167 e. The molecule has 1 aromatic rings.